The number of carbonyl (C=O) groups is 2. The maximum Gasteiger partial charge on any atom is 0.343 e. The van der Waals surface area contributed by atoms with Gasteiger partial charge in [-0.15, -0.1) is 0 Å². The van der Waals surface area contributed by atoms with Crippen LogP contribution >= 0.6 is 0 Å². The average Bonchev–Trinajstić information content (AvgIpc) is 3.32. The zero-order valence-corrected chi connectivity index (χ0v) is 25.9. The van der Waals surface area contributed by atoms with E-state index in [0.717, 1.165) is 54.0 Å². The fourth-order valence-corrected chi connectivity index (χ4v) is 5.78. The van der Waals surface area contributed by atoms with Crippen LogP contribution in [0, 0.1) is 28.4 Å². The van der Waals surface area contributed by atoms with E-state index in [1.54, 1.807) is 42.5 Å². The van der Waals surface area contributed by atoms with Gasteiger partial charge in [-0.3, -0.25) is 4.79 Å². The van der Waals surface area contributed by atoms with E-state index in [-0.39, 0.29) is 17.0 Å². The Kier molecular flexibility index (Phi) is 9.03. The number of carbonyl (C=O) groups excluding carboxylic acids is 2. The lowest BCUT2D eigenvalue weighted by molar-refractivity contribution is -0.151. The number of fused-ring (bicyclic) bond motifs is 3. The number of hydrogen-bond acceptors (Lipinski definition) is 7. The van der Waals surface area contributed by atoms with Gasteiger partial charge in [0.1, 0.15) is 41.4 Å². The van der Waals surface area contributed by atoms with Gasteiger partial charge in [0.15, 0.2) is 0 Å². The molecular formula is C37H32F2N2O6. The number of nitrogens with zero attached hydrogens (tertiary/aromatic N) is 1. The Morgan fingerprint density at radius 1 is 0.915 bits per heavy atom. The molecule has 0 radical (unpaired) electrons. The second kappa shape index (κ2) is 13.3. The normalized spacial score (nSPS) is 15.5. The van der Waals surface area contributed by atoms with Gasteiger partial charge in [-0.2, -0.15) is 5.26 Å². The van der Waals surface area contributed by atoms with E-state index in [9.17, 15) is 18.4 Å². The predicted molar refractivity (Wildman–Crippen MR) is 170 cm³/mol. The summed E-state index contributed by atoms with van der Waals surface area (Å²) in [5, 5.41) is 11.4. The zero-order chi connectivity index (χ0) is 33.1. The van der Waals surface area contributed by atoms with Crippen molar-refractivity contribution in [1.29, 1.82) is 5.26 Å². The minimum absolute atomic E-state index is 0.0975. The van der Waals surface area contributed by atoms with Crippen LogP contribution < -0.4 is 14.8 Å². The van der Waals surface area contributed by atoms with Gasteiger partial charge in [0.05, 0.1) is 32.0 Å². The first kappa shape index (κ1) is 31.9. The molecule has 240 valence electrons. The third kappa shape index (κ3) is 6.59. The first-order chi connectivity index (χ1) is 22.7. The van der Waals surface area contributed by atoms with Gasteiger partial charge in [0.2, 0.25) is 0 Å². The summed E-state index contributed by atoms with van der Waals surface area (Å²) >= 11 is 0. The quantitative estimate of drug-likeness (QED) is 0.105. The fourth-order valence-electron chi connectivity index (χ4n) is 5.78. The van der Waals surface area contributed by atoms with Crippen LogP contribution in [0.25, 0.3) is 11.1 Å². The number of ether oxygens (including phenoxy) is 4. The molecule has 1 saturated heterocycles. The second-order valence-corrected chi connectivity index (χ2v) is 11.8. The average molecular weight is 639 g/mol. The highest BCUT2D eigenvalue weighted by atomic mass is 19.1. The molecule has 6 rings (SSSR count). The SMILES string of the molecule is CCC1(COCCOc2ccc(C(=O)Oc3ccc4c(c3)C(C)c3cc(C(=O)Nc5cc(F)c(C#N)c(F)c5)ccc3-4)cc2)COC1. The van der Waals surface area contributed by atoms with Crippen LogP contribution in [-0.4, -0.2) is 44.9 Å². The first-order valence-corrected chi connectivity index (χ1v) is 15.3. The number of hydrogen-bond donors (Lipinski definition) is 1. The highest BCUT2D eigenvalue weighted by Crippen LogP contribution is 2.46. The van der Waals surface area contributed by atoms with Crippen molar-refractivity contribution in [2.45, 2.75) is 26.2 Å². The molecule has 1 heterocycles. The van der Waals surface area contributed by atoms with Crippen LogP contribution in [0.2, 0.25) is 0 Å². The Labute approximate surface area is 270 Å². The van der Waals surface area contributed by atoms with Crippen molar-refractivity contribution in [1.82, 2.24) is 0 Å². The molecule has 0 spiro atoms. The van der Waals surface area contributed by atoms with Gasteiger partial charge in [-0.25, -0.2) is 13.6 Å². The number of anilines is 1. The molecule has 4 aromatic rings. The lowest BCUT2D eigenvalue weighted by Gasteiger charge is -2.40. The molecule has 1 amide bonds. The van der Waals surface area contributed by atoms with Crippen molar-refractivity contribution < 1.29 is 37.3 Å². The standard InChI is InChI=1S/C37H32F2N2O6/c1-3-37(20-45-21-37)19-44-12-13-46-26-7-4-23(5-8-26)36(43)47-27-9-11-29-28-10-6-24(14-30(28)22(2)31(29)17-27)35(42)41-25-15-33(38)32(18-40)34(39)16-25/h4-11,14-17,22H,3,12-13,19-21H2,1-2H3,(H,41,42). The molecule has 8 nitrogen and oxygen atoms in total. The van der Waals surface area contributed by atoms with E-state index < -0.39 is 29.1 Å². The number of amides is 1. The van der Waals surface area contributed by atoms with Crippen LogP contribution in [-0.2, 0) is 9.47 Å². The molecule has 0 aromatic heterocycles. The smallest absolute Gasteiger partial charge is 0.343 e. The number of nitrogens with one attached hydrogen (secondary N) is 1. The predicted octanol–water partition coefficient (Wildman–Crippen LogP) is 7.26. The van der Waals surface area contributed by atoms with Crippen LogP contribution in [0.1, 0.15) is 63.6 Å². The van der Waals surface area contributed by atoms with E-state index >= 15 is 0 Å². The minimum atomic E-state index is -1.06. The molecule has 4 aromatic carbocycles. The number of esters is 1. The summed E-state index contributed by atoms with van der Waals surface area (Å²) in [6.45, 7) is 7.09. The Hall–Kier alpha value is -5.11. The summed E-state index contributed by atoms with van der Waals surface area (Å²) in [4.78, 5) is 25.9. The van der Waals surface area contributed by atoms with Crippen molar-refractivity contribution in [3.63, 3.8) is 0 Å². The summed E-state index contributed by atoms with van der Waals surface area (Å²) in [6, 6.07) is 20.6. The number of rotatable bonds is 11. The molecule has 47 heavy (non-hydrogen) atoms. The lowest BCUT2D eigenvalue weighted by Crippen LogP contribution is -2.45. The first-order valence-electron chi connectivity index (χ1n) is 15.3. The van der Waals surface area contributed by atoms with Gasteiger partial charge in [0.25, 0.3) is 5.91 Å². The summed E-state index contributed by atoms with van der Waals surface area (Å²) in [5.74, 6) is -2.29. The van der Waals surface area contributed by atoms with E-state index in [2.05, 4.69) is 12.2 Å². The zero-order valence-electron chi connectivity index (χ0n) is 25.9. The molecule has 1 N–H and O–H groups in total. The summed E-state index contributed by atoms with van der Waals surface area (Å²) in [5.41, 5.74) is 3.69. The van der Waals surface area contributed by atoms with Gasteiger partial charge in [0, 0.05) is 22.6 Å². The molecule has 1 atom stereocenters. The molecule has 0 bridgehead atoms. The molecule has 1 aliphatic heterocycles. The minimum Gasteiger partial charge on any atom is -0.491 e. The molecule has 1 aliphatic carbocycles. The van der Waals surface area contributed by atoms with E-state index in [0.29, 0.717) is 42.4 Å². The van der Waals surface area contributed by atoms with E-state index in [1.807, 2.05) is 25.1 Å². The Morgan fingerprint density at radius 3 is 2.19 bits per heavy atom. The monoisotopic (exact) mass is 638 g/mol. The topological polar surface area (TPSA) is 107 Å². The van der Waals surface area contributed by atoms with E-state index in [4.69, 9.17) is 24.2 Å². The largest absolute Gasteiger partial charge is 0.491 e. The molecule has 1 fully saturated rings. The van der Waals surface area contributed by atoms with Crippen LogP contribution in [0.5, 0.6) is 11.5 Å². The number of nitriles is 1. The Balaban J connectivity index is 1.05. The van der Waals surface area contributed by atoms with Gasteiger partial charge in [-0.05, 0) is 89.3 Å². The highest BCUT2D eigenvalue weighted by molar-refractivity contribution is 6.05. The number of benzene rings is 4. The Bertz CT molecular complexity index is 1850. The van der Waals surface area contributed by atoms with Gasteiger partial charge >= 0.3 is 5.97 Å². The summed E-state index contributed by atoms with van der Waals surface area (Å²) < 4.78 is 50.6. The number of halogens is 2. The molecule has 0 saturated carbocycles. The lowest BCUT2D eigenvalue weighted by atomic mass is 9.84. The van der Waals surface area contributed by atoms with Crippen molar-refractivity contribution in [2.24, 2.45) is 5.41 Å². The highest BCUT2D eigenvalue weighted by Gasteiger charge is 2.37. The fraction of sp³-hybridized carbons (Fsp3) is 0.270. The van der Waals surface area contributed by atoms with Gasteiger partial charge in [-0.1, -0.05) is 26.0 Å². The Morgan fingerprint density at radius 2 is 1.55 bits per heavy atom. The van der Waals surface area contributed by atoms with Crippen LogP contribution in [0.3, 0.4) is 0 Å². The third-order valence-electron chi connectivity index (χ3n) is 8.74. The van der Waals surface area contributed by atoms with Crippen molar-refractivity contribution in [2.75, 3.05) is 38.4 Å². The second-order valence-electron chi connectivity index (χ2n) is 11.8. The molecule has 2 aliphatic rings. The van der Waals surface area contributed by atoms with E-state index in [1.165, 1.54) is 6.07 Å². The van der Waals surface area contributed by atoms with Crippen LogP contribution in [0.15, 0.2) is 72.8 Å². The third-order valence-corrected chi connectivity index (χ3v) is 8.74. The maximum atomic E-state index is 14.0. The molecule has 10 heteroatoms. The van der Waals surface area contributed by atoms with Crippen LogP contribution in [0.4, 0.5) is 14.5 Å². The van der Waals surface area contributed by atoms with Crippen molar-refractivity contribution >= 4 is 17.6 Å². The summed E-state index contributed by atoms with van der Waals surface area (Å²) in [6.07, 6.45) is 1.02. The van der Waals surface area contributed by atoms with Gasteiger partial charge < -0.3 is 24.3 Å². The molecular weight excluding hydrogens is 606 g/mol. The maximum absolute atomic E-state index is 14.0. The molecule has 1 unspecified atom stereocenters. The van der Waals surface area contributed by atoms with Crippen molar-refractivity contribution in [3.8, 4) is 28.7 Å². The summed E-state index contributed by atoms with van der Waals surface area (Å²) in [7, 11) is 0. The van der Waals surface area contributed by atoms with Crippen molar-refractivity contribution in [3.05, 3.63) is 112 Å².